The van der Waals surface area contributed by atoms with E-state index >= 15 is 0 Å². The minimum absolute atomic E-state index is 0.199. The third-order valence-corrected chi connectivity index (χ3v) is 2.57. The Hall–Kier alpha value is -0.860. The highest BCUT2D eigenvalue weighted by atomic mass is 16.5. The van der Waals surface area contributed by atoms with Crippen molar-refractivity contribution in [2.45, 2.75) is 32.5 Å². The minimum Gasteiger partial charge on any atom is -0.383 e. The van der Waals surface area contributed by atoms with Crippen LogP contribution in [-0.4, -0.2) is 17.8 Å². The molecular weight excluding hydrogens is 176 g/mol. The standard InChI is InChI=1S/C12H18O2/c1-4-14-10(2)12(3,13)11-8-6-5-7-9-11/h5-10,13H,4H2,1-3H3. The van der Waals surface area contributed by atoms with Crippen molar-refractivity contribution >= 4 is 0 Å². The molecule has 2 nitrogen and oxygen atoms in total. The van der Waals surface area contributed by atoms with E-state index < -0.39 is 5.60 Å². The van der Waals surface area contributed by atoms with Gasteiger partial charge in [0.15, 0.2) is 0 Å². The van der Waals surface area contributed by atoms with Gasteiger partial charge in [-0.05, 0) is 26.3 Å². The van der Waals surface area contributed by atoms with Crippen molar-refractivity contribution in [2.24, 2.45) is 0 Å². The van der Waals surface area contributed by atoms with E-state index in [0.717, 1.165) is 5.56 Å². The van der Waals surface area contributed by atoms with E-state index in [9.17, 15) is 5.11 Å². The van der Waals surface area contributed by atoms with Crippen LogP contribution in [0, 0.1) is 0 Å². The largest absolute Gasteiger partial charge is 0.383 e. The molecule has 78 valence electrons. The van der Waals surface area contributed by atoms with Crippen molar-refractivity contribution in [3.05, 3.63) is 35.9 Å². The minimum atomic E-state index is -0.919. The summed E-state index contributed by atoms with van der Waals surface area (Å²) in [7, 11) is 0. The van der Waals surface area contributed by atoms with Crippen LogP contribution < -0.4 is 0 Å². The van der Waals surface area contributed by atoms with Crippen LogP contribution in [0.2, 0.25) is 0 Å². The molecule has 0 fully saturated rings. The molecule has 0 saturated carbocycles. The summed E-state index contributed by atoms with van der Waals surface area (Å²) in [6.45, 7) is 6.21. The summed E-state index contributed by atoms with van der Waals surface area (Å²) in [6, 6.07) is 9.60. The van der Waals surface area contributed by atoms with Crippen LogP contribution >= 0.6 is 0 Å². The number of aliphatic hydroxyl groups is 1. The molecule has 1 N–H and O–H groups in total. The zero-order chi connectivity index (χ0) is 10.6. The van der Waals surface area contributed by atoms with Gasteiger partial charge in [-0.15, -0.1) is 0 Å². The quantitative estimate of drug-likeness (QED) is 0.797. The summed E-state index contributed by atoms with van der Waals surface area (Å²) in [6.07, 6.45) is -0.199. The zero-order valence-electron chi connectivity index (χ0n) is 9.03. The summed E-state index contributed by atoms with van der Waals surface area (Å²) in [5, 5.41) is 10.3. The first-order valence-corrected chi connectivity index (χ1v) is 4.98. The molecule has 0 saturated heterocycles. The van der Waals surface area contributed by atoms with E-state index in [0.29, 0.717) is 6.61 Å². The smallest absolute Gasteiger partial charge is 0.113 e. The molecule has 2 unspecified atom stereocenters. The Balaban J connectivity index is 2.84. The van der Waals surface area contributed by atoms with Gasteiger partial charge in [-0.25, -0.2) is 0 Å². The van der Waals surface area contributed by atoms with E-state index in [1.807, 2.05) is 44.2 Å². The number of hydrogen-bond acceptors (Lipinski definition) is 2. The molecule has 14 heavy (non-hydrogen) atoms. The first kappa shape index (κ1) is 11.2. The Morgan fingerprint density at radius 1 is 1.36 bits per heavy atom. The summed E-state index contributed by atoms with van der Waals surface area (Å²) >= 11 is 0. The molecule has 1 aromatic carbocycles. The van der Waals surface area contributed by atoms with Crippen LogP contribution in [0.25, 0.3) is 0 Å². The summed E-state index contributed by atoms with van der Waals surface area (Å²) < 4.78 is 5.41. The maximum atomic E-state index is 10.3. The van der Waals surface area contributed by atoms with E-state index in [-0.39, 0.29) is 6.10 Å². The first-order chi connectivity index (χ1) is 6.59. The van der Waals surface area contributed by atoms with Crippen molar-refractivity contribution in [3.63, 3.8) is 0 Å². The molecule has 0 bridgehead atoms. The van der Waals surface area contributed by atoms with E-state index in [1.165, 1.54) is 0 Å². The second kappa shape index (κ2) is 4.58. The fraction of sp³-hybridized carbons (Fsp3) is 0.500. The topological polar surface area (TPSA) is 29.5 Å². The van der Waals surface area contributed by atoms with E-state index in [1.54, 1.807) is 6.92 Å². The Bertz CT molecular complexity index is 267. The van der Waals surface area contributed by atoms with Crippen LogP contribution in [0.5, 0.6) is 0 Å². The third-order valence-electron chi connectivity index (χ3n) is 2.57. The van der Waals surface area contributed by atoms with E-state index in [4.69, 9.17) is 4.74 Å². The number of ether oxygens (including phenoxy) is 1. The van der Waals surface area contributed by atoms with Crippen LogP contribution in [0.15, 0.2) is 30.3 Å². The zero-order valence-corrected chi connectivity index (χ0v) is 9.03. The van der Waals surface area contributed by atoms with Gasteiger partial charge in [0.1, 0.15) is 5.60 Å². The molecule has 2 atom stereocenters. The van der Waals surface area contributed by atoms with Gasteiger partial charge in [0.05, 0.1) is 6.10 Å². The molecule has 0 heterocycles. The molecule has 1 aromatic rings. The lowest BCUT2D eigenvalue weighted by Crippen LogP contribution is -2.36. The van der Waals surface area contributed by atoms with Gasteiger partial charge in [-0.3, -0.25) is 0 Å². The second-order valence-electron chi connectivity index (χ2n) is 3.61. The van der Waals surface area contributed by atoms with Crippen LogP contribution in [0.1, 0.15) is 26.3 Å². The van der Waals surface area contributed by atoms with Gasteiger partial charge in [-0.2, -0.15) is 0 Å². The van der Waals surface area contributed by atoms with Crippen molar-refractivity contribution in [2.75, 3.05) is 6.61 Å². The summed E-state index contributed by atoms with van der Waals surface area (Å²) in [4.78, 5) is 0. The van der Waals surface area contributed by atoms with Crippen LogP contribution in [-0.2, 0) is 10.3 Å². The van der Waals surface area contributed by atoms with Gasteiger partial charge in [-0.1, -0.05) is 30.3 Å². The maximum Gasteiger partial charge on any atom is 0.113 e. The highest BCUT2D eigenvalue weighted by Crippen LogP contribution is 2.25. The van der Waals surface area contributed by atoms with Crippen molar-refractivity contribution < 1.29 is 9.84 Å². The number of rotatable bonds is 4. The fourth-order valence-corrected chi connectivity index (χ4v) is 1.42. The molecule has 0 radical (unpaired) electrons. The first-order valence-electron chi connectivity index (χ1n) is 4.98. The molecule has 2 heteroatoms. The molecule has 0 amide bonds. The average molecular weight is 194 g/mol. The maximum absolute atomic E-state index is 10.3. The lowest BCUT2D eigenvalue weighted by Gasteiger charge is -2.30. The average Bonchev–Trinajstić information content (AvgIpc) is 2.19. The predicted molar refractivity (Wildman–Crippen MR) is 57.1 cm³/mol. The number of hydrogen-bond donors (Lipinski definition) is 1. The molecule has 0 aliphatic heterocycles. The number of benzene rings is 1. The van der Waals surface area contributed by atoms with E-state index in [2.05, 4.69) is 0 Å². The lowest BCUT2D eigenvalue weighted by molar-refractivity contribution is -0.0912. The molecule has 1 rings (SSSR count). The highest BCUT2D eigenvalue weighted by molar-refractivity contribution is 5.22. The normalized spacial score (nSPS) is 17.4. The third kappa shape index (κ3) is 2.34. The molecular formula is C12H18O2. The monoisotopic (exact) mass is 194 g/mol. The SMILES string of the molecule is CCOC(C)C(C)(O)c1ccccc1. The lowest BCUT2D eigenvalue weighted by atomic mass is 9.91. The van der Waals surface area contributed by atoms with Crippen molar-refractivity contribution in [1.82, 2.24) is 0 Å². The Kier molecular flexibility index (Phi) is 3.67. The fourth-order valence-electron chi connectivity index (χ4n) is 1.42. The second-order valence-corrected chi connectivity index (χ2v) is 3.61. The molecule has 0 spiro atoms. The Morgan fingerprint density at radius 3 is 2.43 bits per heavy atom. The summed E-state index contributed by atoms with van der Waals surface area (Å²) in [5.41, 5.74) is -0.0296. The molecule has 0 aromatic heterocycles. The van der Waals surface area contributed by atoms with Crippen LogP contribution in [0.4, 0.5) is 0 Å². The van der Waals surface area contributed by atoms with Gasteiger partial charge < -0.3 is 9.84 Å². The highest BCUT2D eigenvalue weighted by Gasteiger charge is 2.30. The van der Waals surface area contributed by atoms with Gasteiger partial charge in [0, 0.05) is 6.61 Å². The van der Waals surface area contributed by atoms with Gasteiger partial charge in [0.25, 0.3) is 0 Å². The van der Waals surface area contributed by atoms with Crippen molar-refractivity contribution in [3.8, 4) is 0 Å². The summed E-state index contributed by atoms with van der Waals surface area (Å²) in [5.74, 6) is 0. The van der Waals surface area contributed by atoms with Crippen LogP contribution in [0.3, 0.4) is 0 Å². The van der Waals surface area contributed by atoms with Gasteiger partial charge in [0.2, 0.25) is 0 Å². The Labute approximate surface area is 85.5 Å². The van der Waals surface area contributed by atoms with Crippen molar-refractivity contribution in [1.29, 1.82) is 0 Å². The Morgan fingerprint density at radius 2 is 1.93 bits per heavy atom. The molecule has 0 aliphatic carbocycles. The van der Waals surface area contributed by atoms with Gasteiger partial charge >= 0.3 is 0 Å². The molecule has 0 aliphatic rings. The predicted octanol–water partition coefficient (Wildman–Crippen LogP) is 2.32.